The highest BCUT2D eigenvalue weighted by Gasteiger charge is 2.15. The van der Waals surface area contributed by atoms with Crippen LogP contribution < -0.4 is 10.2 Å². The molecule has 6 nitrogen and oxygen atoms in total. The number of piperidine rings is 1. The highest BCUT2D eigenvalue weighted by molar-refractivity contribution is 5.73. The van der Waals surface area contributed by atoms with Crippen LogP contribution in [0.4, 0.5) is 10.5 Å². The predicted octanol–water partition coefficient (Wildman–Crippen LogP) is 2.79. The molecule has 0 unspecified atom stereocenters. The van der Waals surface area contributed by atoms with E-state index in [1.165, 1.54) is 31.6 Å². The van der Waals surface area contributed by atoms with Crippen LogP contribution in [-0.2, 0) is 11.3 Å². The Morgan fingerprint density at radius 2 is 1.82 bits per heavy atom. The molecule has 1 N–H and O–H groups in total. The van der Waals surface area contributed by atoms with Gasteiger partial charge in [-0.1, -0.05) is 19.1 Å². The lowest BCUT2D eigenvalue weighted by Gasteiger charge is -2.30. The third-order valence-electron chi connectivity index (χ3n) is 5.88. The first-order valence-electron chi connectivity index (χ1n) is 10.7. The number of nitrogens with zero attached hydrogens (tertiary/aromatic N) is 3. The first-order chi connectivity index (χ1) is 13.6. The maximum absolute atomic E-state index is 12.3. The van der Waals surface area contributed by atoms with E-state index in [1.807, 2.05) is 7.05 Å². The second-order valence-corrected chi connectivity index (χ2v) is 8.23. The number of rotatable bonds is 7. The van der Waals surface area contributed by atoms with Crippen LogP contribution in [0.1, 0.15) is 31.7 Å². The zero-order chi connectivity index (χ0) is 19.8. The van der Waals surface area contributed by atoms with Gasteiger partial charge >= 0.3 is 6.03 Å². The monoisotopic (exact) mass is 388 g/mol. The van der Waals surface area contributed by atoms with E-state index < -0.39 is 0 Å². The summed E-state index contributed by atoms with van der Waals surface area (Å²) in [6.45, 7) is 10.7. The van der Waals surface area contributed by atoms with Crippen LogP contribution in [0.15, 0.2) is 24.3 Å². The Labute approximate surface area is 169 Å². The Balaban J connectivity index is 1.34. The van der Waals surface area contributed by atoms with Gasteiger partial charge in [0.15, 0.2) is 0 Å². The zero-order valence-corrected chi connectivity index (χ0v) is 17.5. The molecule has 2 fully saturated rings. The van der Waals surface area contributed by atoms with Gasteiger partial charge in [0.2, 0.25) is 0 Å². The highest BCUT2D eigenvalue weighted by atomic mass is 16.5. The van der Waals surface area contributed by atoms with E-state index in [0.29, 0.717) is 6.54 Å². The first kappa shape index (κ1) is 20.9. The molecule has 156 valence electrons. The molecule has 0 bridgehead atoms. The van der Waals surface area contributed by atoms with Gasteiger partial charge in [0.1, 0.15) is 0 Å². The van der Waals surface area contributed by atoms with E-state index >= 15 is 0 Å². The first-order valence-corrected chi connectivity index (χ1v) is 10.7. The summed E-state index contributed by atoms with van der Waals surface area (Å²) in [5.74, 6) is 0.868. The van der Waals surface area contributed by atoms with Crippen molar-refractivity contribution in [2.45, 2.75) is 32.7 Å². The SMILES string of the molecule is CC1CCN(CCCNC(=O)N(C)Cc2ccc(N3CCOCC3)cc2)CC1. The maximum atomic E-state index is 12.3. The molecule has 6 heteroatoms. The van der Waals surface area contributed by atoms with E-state index in [1.54, 1.807) is 4.90 Å². The average Bonchev–Trinajstić information content (AvgIpc) is 2.73. The van der Waals surface area contributed by atoms with Crippen LogP contribution in [0.3, 0.4) is 0 Å². The molecule has 3 rings (SSSR count). The van der Waals surface area contributed by atoms with Crippen LogP contribution in [0, 0.1) is 5.92 Å². The largest absolute Gasteiger partial charge is 0.378 e. The smallest absolute Gasteiger partial charge is 0.317 e. The zero-order valence-electron chi connectivity index (χ0n) is 17.5. The molecular formula is C22H36N4O2. The molecule has 2 heterocycles. The maximum Gasteiger partial charge on any atom is 0.317 e. The van der Waals surface area contributed by atoms with Crippen molar-refractivity contribution in [2.24, 2.45) is 5.92 Å². The lowest BCUT2D eigenvalue weighted by Crippen LogP contribution is -2.39. The molecule has 2 aliphatic rings. The van der Waals surface area contributed by atoms with E-state index in [0.717, 1.165) is 57.3 Å². The normalized spacial score (nSPS) is 18.9. The number of likely N-dealkylation sites (tertiary alicyclic amines) is 1. The van der Waals surface area contributed by atoms with E-state index in [-0.39, 0.29) is 6.03 Å². The number of urea groups is 1. The molecule has 2 amide bonds. The number of hydrogen-bond donors (Lipinski definition) is 1. The molecule has 2 saturated heterocycles. The van der Waals surface area contributed by atoms with Crippen LogP contribution in [0.2, 0.25) is 0 Å². The lowest BCUT2D eigenvalue weighted by molar-refractivity contribution is 0.122. The van der Waals surface area contributed by atoms with E-state index in [4.69, 9.17) is 4.74 Å². The standard InChI is InChI=1S/C22H36N4O2/c1-19-8-12-25(13-9-19)11-3-10-23-22(27)24(2)18-20-4-6-21(7-5-20)26-14-16-28-17-15-26/h4-7,19H,3,8-18H2,1-2H3,(H,23,27). The van der Waals surface area contributed by atoms with Gasteiger partial charge in [-0.05, 0) is 62.5 Å². The predicted molar refractivity (Wildman–Crippen MR) is 114 cm³/mol. The van der Waals surface area contributed by atoms with Gasteiger partial charge in [0.25, 0.3) is 0 Å². The molecular weight excluding hydrogens is 352 g/mol. The fourth-order valence-corrected chi connectivity index (χ4v) is 3.90. The highest BCUT2D eigenvalue weighted by Crippen LogP contribution is 2.18. The van der Waals surface area contributed by atoms with Gasteiger partial charge in [0.05, 0.1) is 13.2 Å². The van der Waals surface area contributed by atoms with E-state index in [2.05, 4.69) is 46.3 Å². The minimum atomic E-state index is 0.00419. The number of carbonyl (C=O) groups excluding carboxylic acids is 1. The summed E-state index contributed by atoms with van der Waals surface area (Å²) in [6, 6.07) is 8.53. The lowest BCUT2D eigenvalue weighted by atomic mass is 9.99. The Bertz CT molecular complexity index is 593. The molecule has 1 aromatic rings. The van der Waals surface area contributed by atoms with Crippen molar-refractivity contribution in [3.63, 3.8) is 0 Å². The second-order valence-electron chi connectivity index (χ2n) is 8.23. The second kappa shape index (κ2) is 10.7. The molecule has 1 aromatic carbocycles. The Hall–Kier alpha value is -1.79. The van der Waals surface area contributed by atoms with Gasteiger partial charge < -0.3 is 24.8 Å². The Kier molecular flexibility index (Phi) is 7.98. The van der Waals surface area contributed by atoms with Crippen LogP contribution in [-0.4, -0.2) is 75.4 Å². The summed E-state index contributed by atoms with van der Waals surface area (Å²) in [5, 5.41) is 3.05. The summed E-state index contributed by atoms with van der Waals surface area (Å²) in [7, 11) is 1.86. The van der Waals surface area contributed by atoms with Gasteiger partial charge in [-0.2, -0.15) is 0 Å². The quantitative estimate of drug-likeness (QED) is 0.730. The van der Waals surface area contributed by atoms with Crippen molar-refractivity contribution in [3.8, 4) is 0 Å². The number of carbonyl (C=O) groups is 1. The third-order valence-corrected chi connectivity index (χ3v) is 5.88. The molecule has 28 heavy (non-hydrogen) atoms. The molecule has 0 aromatic heterocycles. The van der Waals surface area contributed by atoms with Crippen LogP contribution in [0.25, 0.3) is 0 Å². The van der Waals surface area contributed by atoms with Gasteiger partial charge in [-0.15, -0.1) is 0 Å². The number of hydrogen-bond acceptors (Lipinski definition) is 4. The van der Waals surface area contributed by atoms with Crippen molar-refractivity contribution >= 4 is 11.7 Å². The molecule has 0 saturated carbocycles. The minimum Gasteiger partial charge on any atom is -0.378 e. The van der Waals surface area contributed by atoms with Gasteiger partial charge in [-0.25, -0.2) is 4.79 Å². The number of anilines is 1. The summed E-state index contributed by atoms with van der Waals surface area (Å²) in [6.07, 6.45) is 3.63. The third kappa shape index (κ3) is 6.38. The summed E-state index contributed by atoms with van der Waals surface area (Å²) in [5.41, 5.74) is 2.38. The summed E-state index contributed by atoms with van der Waals surface area (Å²) < 4.78 is 5.41. The number of ether oxygens (including phenoxy) is 1. The van der Waals surface area contributed by atoms with Crippen molar-refractivity contribution < 1.29 is 9.53 Å². The van der Waals surface area contributed by atoms with E-state index in [9.17, 15) is 4.79 Å². The van der Waals surface area contributed by atoms with Gasteiger partial charge in [0, 0.05) is 38.9 Å². The number of nitrogens with one attached hydrogen (secondary N) is 1. The minimum absolute atomic E-state index is 0.00419. The fourth-order valence-electron chi connectivity index (χ4n) is 3.90. The number of amides is 2. The van der Waals surface area contributed by atoms with Crippen molar-refractivity contribution in [1.82, 2.24) is 15.1 Å². The summed E-state index contributed by atoms with van der Waals surface area (Å²) in [4.78, 5) is 19.0. The number of morpholine rings is 1. The molecule has 0 aliphatic carbocycles. The van der Waals surface area contributed by atoms with Gasteiger partial charge in [-0.3, -0.25) is 0 Å². The molecule has 0 spiro atoms. The van der Waals surface area contributed by atoms with Crippen LogP contribution in [0.5, 0.6) is 0 Å². The molecule has 0 atom stereocenters. The Morgan fingerprint density at radius 1 is 1.14 bits per heavy atom. The average molecular weight is 389 g/mol. The topological polar surface area (TPSA) is 48.1 Å². The van der Waals surface area contributed by atoms with Crippen molar-refractivity contribution in [1.29, 1.82) is 0 Å². The van der Waals surface area contributed by atoms with Crippen molar-refractivity contribution in [3.05, 3.63) is 29.8 Å². The fraction of sp³-hybridized carbons (Fsp3) is 0.682. The Morgan fingerprint density at radius 3 is 2.50 bits per heavy atom. The number of benzene rings is 1. The molecule has 2 aliphatic heterocycles. The van der Waals surface area contributed by atoms with Crippen molar-refractivity contribution in [2.75, 3.05) is 64.4 Å². The summed E-state index contributed by atoms with van der Waals surface area (Å²) >= 11 is 0. The molecule has 0 radical (unpaired) electrons. The van der Waals surface area contributed by atoms with Crippen LogP contribution >= 0.6 is 0 Å².